The number of anilines is 1. The van der Waals surface area contributed by atoms with Gasteiger partial charge in [-0.3, -0.25) is 9.69 Å². The van der Waals surface area contributed by atoms with Crippen molar-refractivity contribution in [1.29, 1.82) is 0 Å². The molecule has 4 heteroatoms. The van der Waals surface area contributed by atoms with E-state index in [9.17, 15) is 4.79 Å². The first-order chi connectivity index (χ1) is 9.99. The number of carbonyl (C=O) groups excluding carboxylic acids is 1. The minimum absolute atomic E-state index is 0.0227. The zero-order valence-electron chi connectivity index (χ0n) is 13.6. The van der Waals surface area contributed by atoms with Gasteiger partial charge in [-0.05, 0) is 38.1 Å². The highest BCUT2D eigenvalue weighted by Gasteiger charge is 2.28. The third kappa shape index (κ3) is 4.29. The van der Waals surface area contributed by atoms with Gasteiger partial charge in [-0.1, -0.05) is 19.1 Å². The molecule has 0 saturated carbocycles. The average Bonchev–Trinajstić information content (AvgIpc) is 2.42. The molecule has 4 nitrogen and oxygen atoms in total. The van der Waals surface area contributed by atoms with E-state index in [0.717, 1.165) is 31.9 Å². The number of amides is 1. The molecule has 21 heavy (non-hydrogen) atoms. The van der Waals surface area contributed by atoms with Crippen molar-refractivity contribution in [2.24, 2.45) is 0 Å². The summed E-state index contributed by atoms with van der Waals surface area (Å²) in [6.07, 6.45) is 0. The number of hydrogen-bond donors (Lipinski definition) is 1. The number of likely N-dealkylation sites (N-methyl/N-ethyl adjacent to an activating group) is 1. The molecule has 1 aromatic carbocycles. The van der Waals surface area contributed by atoms with Gasteiger partial charge in [-0.2, -0.15) is 0 Å². The fourth-order valence-electron chi connectivity index (χ4n) is 3.20. The topological polar surface area (TPSA) is 35.6 Å². The highest BCUT2D eigenvalue weighted by Crippen LogP contribution is 2.20. The summed E-state index contributed by atoms with van der Waals surface area (Å²) in [5, 5.41) is 2.86. The van der Waals surface area contributed by atoms with Gasteiger partial charge in [-0.15, -0.1) is 0 Å². The highest BCUT2D eigenvalue weighted by molar-refractivity contribution is 5.88. The summed E-state index contributed by atoms with van der Waals surface area (Å²) >= 11 is 0. The van der Waals surface area contributed by atoms with Crippen LogP contribution in [0.2, 0.25) is 0 Å². The van der Waals surface area contributed by atoms with E-state index in [1.807, 2.05) is 12.1 Å². The number of benzene rings is 1. The quantitative estimate of drug-likeness (QED) is 0.925. The van der Waals surface area contributed by atoms with Gasteiger partial charge >= 0.3 is 0 Å². The SMILES string of the molecule is CCN1C[C@H](C)N(Cc2cccc(NC(C)=O)c2)[C@@H](C)C1. The van der Waals surface area contributed by atoms with Gasteiger partial charge < -0.3 is 10.2 Å². The molecular formula is C17H27N3O. The average molecular weight is 289 g/mol. The van der Waals surface area contributed by atoms with Crippen LogP contribution in [0.15, 0.2) is 24.3 Å². The van der Waals surface area contributed by atoms with Gasteiger partial charge in [0.15, 0.2) is 0 Å². The Morgan fingerprint density at radius 2 is 1.95 bits per heavy atom. The van der Waals surface area contributed by atoms with E-state index >= 15 is 0 Å². The maximum Gasteiger partial charge on any atom is 0.221 e. The van der Waals surface area contributed by atoms with E-state index in [2.05, 4.69) is 48.0 Å². The van der Waals surface area contributed by atoms with E-state index in [0.29, 0.717) is 12.1 Å². The number of nitrogens with zero attached hydrogens (tertiary/aromatic N) is 2. The lowest BCUT2D eigenvalue weighted by Gasteiger charge is -2.44. The van der Waals surface area contributed by atoms with Crippen molar-refractivity contribution in [3.05, 3.63) is 29.8 Å². The molecule has 1 fully saturated rings. The van der Waals surface area contributed by atoms with E-state index < -0.39 is 0 Å². The van der Waals surface area contributed by atoms with Gasteiger partial charge in [0.25, 0.3) is 0 Å². The lowest BCUT2D eigenvalue weighted by atomic mass is 10.1. The third-order valence-corrected chi connectivity index (χ3v) is 4.24. The van der Waals surface area contributed by atoms with E-state index in [1.165, 1.54) is 5.56 Å². The summed E-state index contributed by atoms with van der Waals surface area (Å²) in [4.78, 5) is 16.2. The fourth-order valence-corrected chi connectivity index (χ4v) is 3.20. The van der Waals surface area contributed by atoms with Crippen LogP contribution < -0.4 is 5.32 Å². The van der Waals surface area contributed by atoms with Crippen molar-refractivity contribution in [1.82, 2.24) is 9.80 Å². The second kappa shape index (κ2) is 7.05. The molecule has 0 bridgehead atoms. The molecule has 2 rings (SSSR count). The Morgan fingerprint density at radius 1 is 1.29 bits per heavy atom. The molecule has 0 unspecified atom stereocenters. The summed E-state index contributed by atoms with van der Waals surface area (Å²) in [7, 11) is 0. The zero-order chi connectivity index (χ0) is 15.4. The summed E-state index contributed by atoms with van der Waals surface area (Å²) in [5.41, 5.74) is 2.14. The van der Waals surface area contributed by atoms with Crippen LogP contribution in [0.1, 0.15) is 33.3 Å². The van der Waals surface area contributed by atoms with Crippen molar-refractivity contribution in [2.75, 3.05) is 25.0 Å². The van der Waals surface area contributed by atoms with Crippen LogP contribution in [0.3, 0.4) is 0 Å². The molecule has 0 spiro atoms. The number of piperazine rings is 1. The van der Waals surface area contributed by atoms with E-state index in [4.69, 9.17) is 0 Å². The standard InChI is InChI=1S/C17H27N3O/c1-5-19-10-13(2)20(14(3)11-19)12-16-7-6-8-17(9-16)18-15(4)21/h6-9,13-14H,5,10-12H2,1-4H3,(H,18,21)/t13-,14-/m0/s1. The molecule has 0 aliphatic carbocycles. The summed E-state index contributed by atoms with van der Waals surface area (Å²) < 4.78 is 0. The van der Waals surface area contributed by atoms with Gasteiger partial charge in [0.1, 0.15) is 0 Å². The fraction of sp³-hybridized carbons (Fsp3) is 0.588. The molecule has 0 radical (unpaired) electrons. The number of rotatable bonds is 4. The predicted molar refractivity (Wildman–Crippen MR) is 87.3 cm³/mol. The first-order valence-electron chi connectivity index (χ1n) is 7.84. The normalized spacial score (nSPS) is 24.0. The molecule has 1 aromatic rings. The molecule has 1 saturated heterocycles. The lowest BCUT2D eigenvalue weighted by Crippen LogP contribution is -2.55. The number of nitrogens with one attached hydrogen (secondary N) is 1. The molecular weight excluding hydrogens is 262 g/mol. The Hall–Kier alpha value is -1.39. The van der Waals surface area contributed by atoms with Crippen LogP contribution in [0.25, 0.3) is 0 Å². The van der Waals surface area contributed by atoms with Crippen molar-refractivity contribution in [3.63, 3.8) is 0 Å². The summed E-state index contributed by atoms with van der Waals surface area (Å²) in [5.74, 6) is -0.0227. The van der Waals surface area contributed by atoms with E-state index in [-0.39, 0.29) is 5.91 Å². The Balaban J connectivity index is 2.05. The van der Waals surface area contributed by atoms with Crippen molar-refractivity contribution in [2.45, 2.75) is 46.3 Å². The Morgan fingerprint density at radius 3 is 2.52 bits per heavy atom. The minimum Gasteiger partial charge on any atom is -0.326 e. The smallest absolute Gasteiger partial charge is 0.221 e. The monoisotopic (exact) mass is 289 g/mol. The zero-order valence-corrected chi connectivity index (χ0v) is 13.6. The molecule has 1 heterocycles. The van der Waals surface area contributed by atoms with Gasteiger partial charge in [0.2, 0.25) is 5.91 Å². The molecule has 0 aromatic heterocycles. The molecule has 116 valence electrons. The molecule has 1 aliphatic rings. The van der Waals surface area contributed by atoms with Crippen molar-refractivity contribution >= 4 is 11.6 Å². The summed E-state index contributed by atoms with van der Waals surface area (Å²) in [6.45, 7) is 12.7. The van der Waals surface area contributed by atoms with Crippen LogP contribution in [0.5, 0.6) is 0 Å². The van der Waals surface area contributed by atoms with Crippen molar-refractivity contribution in [3.8, 4) is 0 Å². The molecule has 1 aliphatic heterocycles. The Labute approximate surface area is 128 Å². The largest absolute Gasteiger partial charge is 0.326 e. The van der Waals surface area contributed by atoms with Crippen LogP contribution in [0.4, 0.5) is 5.69 Å². The van der Waals surface area contributed by atoms with Crippen LogP contribution in [0, 0.1) is 0 Å². The number of hydrogen-bond acceptors (Lipinski definition) is 3. The second-order valence-electron chi connectivity index (χ2n) is 6.10. The first-order valence-corrected chi connectivity index (χ1v) is 7.84. The van der Waals surface area contributed by atoms with Crippen LogP contribution in [-0.4, -0.2) is 47.4 Å². The van der Waals surface area contributed by atoms with E-state index in [1.54, 1.807) is 6.92 Å². The van der Waals surface area contributed by atoms with Gasteiger partial charge in [0, 0.05) is 44.3 Å². The Bertz CT molecular complexity index is 477. The van der Waals surface area contributed by atoms with Crippen molar-refractivity contribution < 1.29 is 4.79 Å². The molecule has 1 N–H and O–H groups in total. The minimum atomic E-state index is -0.0227. The molecule has 2 atom stereocenters. The third-order valence-electron chi connectivity index (χ3n) is 4.24. The predicted octanol–water partition coefficient (Wildman–Crippen LogP) is 2.56. The maximum absolute atomic E-state index is 11.2. The highest BCUT2D eigenvalue weighted by atomic mass is 16.1. The Kier molecular flexibility index (Phi) is 5.37. The van der Waals surface area contributed by atoms with Crippen LogP contribution >= 0.6 is 0 Å². The van der Waals surface area contributed by atoms with Gasteiger partial charge in [0.05, 0.1) is 0 Å². The summed E-state index contributed by atoms with van der Waals surface area (Å²) in [6, 6.07) is 9.27. The number of carbonyl (C=O) groups is 1. The lowest BCUT2D eigenvalue weighted by molar-refractivity contribution is -0.114. The second-order valence-corrected chi connectivity index (χ2v) is 6.10. The maximum atomic E-state index is 11.2. The van der Waals surface area contributed by atoms with Crippen LogP contribution in [-0.2, 0) is 11.3 Å². The van der Waals surface area contributed by atoms with Gasteiger partial charge in [-0.25, -0.2) is 0 Å². The molecule has 1 amide bonds. The first kappa shape index (κ1) is 16.0.